The van der Waals surface area contributed by atoms with Crippen molar-refractivity contribution in [2.75, 3.05) is 19.8 Å². The molecule has 10 nitrogen and oxygen atoms in total. The molecular weight excluding hydrogens is 767 g/mol. The maximum absolute atomic E-state index is 11.4. The van der Waals surface area contributed by atoms with Crippen molar-refractivity contribution in [2.45, 2.75) is 95.7 Å². The topological polar surface area (TPSA) is 163 Å². The highest BCUT2D eigenvalue weighted by Gasteiger charge is 2.33. The first kappa shape index (κ1) is 46.1. The Morgan fingerprint density at radius 3 is 1.49 bits per heavy atom. The zero-order valence-corrected chi connectivity index (χ0v) is 35.1. The Balaban J connectivity index is 0.000000173. The van der Waals surface area contributed by atoms with E-state index >= 15 is 0 Å². The fourth-order valence-corrected chi connectivity index (χ4v) is 8.52. The molecule has 3 aromatic carbocycles. The van der Waals surface area contributed by atoms with E-state index in [1.807, 2.05) is 48.5 Å². The number of nitrogens with zero attached hydrogens (tertiary/aromatic N) is 3. The van der Waals surface area contributed by atoms with E-state index in [0.717, 1.165) is 67.1 Å². The first-order valence-electron chi connectivity index (χ1n) is 21.6. The lowest BCUT2D eigenvalue weighted by Crippen LogP contribution is -2.27. The molecule has 0 bridgehead atoms. The van der Waals surface area contributed by atoms with Crippen LogP contribution in [0.15, 0.2) is 98.1 Å². The average Bonchev–Trinajstić information content (AvgIpc) is 4.19. The molecule has 4 fully saturated rings. The number of epoxide rings is 1. The molecule has 4 aliphatic rings. The highest BCUT2D eigenvalue weighted by atomic mass is 16.6. The summed E-state index contributed by atoms with van der Waals surface area (Å²) in [4.78, 5) is 33.4. The summed E-state index contributed by atoms with van der Waals surface area (Å²) in [5.41, 5.74) is 5.69. The maximum Gasteiger partial charge on any atom is 0.338 e. The van der Waals surface area contributed by atoms with Gasteiger partial charge in [-0.3, -0.25) is 0 Å². The molecule has 0 radical (unpaired) electrons. The predicted octanol–water partition coefficient (Wildman–Crippen LogP) is 10.1. The SMILES string of the molecule is C=CC(=O)OCC1CCC(C2CCC(C#N)CC2)CC1.C=CC(=O)OCC1CCC(c2ccc(C#N)cc2)CC1.N#Cc1ccc(-c2ccc(COC(=O)C3CO3)cc2)cc1. The van der Waals surface area contributed by atoms with E-state index in [-0.39, 0.29) is 30.6 Å². The maximum atomic E-state index is 11.4. The summed E-state index contributed by atoms with van der Waals surface area (Å²) in [5.74, 6) is 2.60. The molecule has 1 heterocycles. The van der Waals surface area contributed by atoms with Gasteiger partial charge in [-0.15, -0.1) is 0 Å². The van der Waals surface area contributed by atoms with Gasteiger partial charge in [-0.25, -0.2) is 14.4 Å². The zero-order valence-electron chi connectivity index (χ0n) is 35.1. The highest BCUT2D eigenvalue weighted by molar-refractivity contribution is 5.81. The minimum absolute atomic E-state index is 0.256. The quantitative estimate of drug-likeness (QED) is 0.0743. The number of ether oxygens (including phenoxy) is 4. The van der Waals surface area contributed by atoms with E-state index < -0.39 is 0 Å². The van der Waals surface area contributed by atoms with Crippen LogP contribution < -0.4 is 0 Å². The minimum Gasteiger partial charge on any atom is -0.462 e. The molecule has 1 aliphatic heterocycles. The molecule has 0 aromatic heterocycles. The van der Waals surface area contributed by atoms with Gasteiger partial charge in [-0.1, -0.05) is 61.7 Å². The summed E-state index contributed by atoms with van der Waals surface area (Å²) >= 11 is 0. The smallest absolute Gasteiger partial charge is 0.338 e. The summed E-state index contributed by atoms with van der Waals surface area (Å²) < 4.78 is 20.2. The Morgan fingerprint density at radius 2 is 1.05 bits per heavy atom. The van der Waals surface area contributed by atoms with Crippen LogP contribution in [-0.4, -0.2) is 43.8 Å². The van der Waals surface area contributed by atoms with Gasteiger partial charge < -0.3 is 18.9 Å². The number of nitriles is 3. The highest BCUT2D eigenvalue weighted by Crippen LogP contribution is 2.41. The van der Waals surface area contributed by atoms with Gasteiger partial charge >= 0.3 is 17.9 Å². The van der Waals surface area contributed by atoms with E-state index in [1.54, 1.807) is 12.1 Å². The third-order valence-electron chi connectivity index (χ3n) is 12.4. The second-order valence-electron chi connectivity index (χ2n) is 16.5. The van der Waals surface area contributed by atoms with Crippen LogP contribution in [0.5, 0.6) is 0 Å². The van der Waals surface area contributed by atoms with Crippen molar-refractivity contribution in [1.82, 2.24) is 0 Å². The molecule has 3 aromatic rings. The second kappa shape index (κ2) is 24.3. The van der Waals surface area contributed by atoms with Crippen molar-refractivity contribution in [3.05, 3.63) is 120 Å². The second-order valence-corrected chi connectivity index (χ2v) is 16.5. The van der Waals surface area contributed by atoms with Crippen molar-refractivity contribution in [1.29, 1.82) is 15.8 Å². The van der Waals surface area contributed by atoms with Crippen LogP contribution in [0.2, 0.25) is 0 Å². The summed E-state index contributed by atoms with van der Waals surface area (Å²) in [6.45, 7) is 8.59. The fourth-order valence-electron chi connectivity index (χ4n) is 8.52. The first-order valence-corrected chi connectivity index (χ1v) is 21.6. The molecular formula is C51H57N3O7. The zero-order chi connectivity index (χ0) is 43.4. The number of rotatable bonds is 12. The van der Waals surface area contributed by atoms with Crippen molar-refractivity contribution < 1.29 is 33.3 Å². The predicted molar refractivity (Wildman–Crippen MR) is 231 cm³/mol. The van der Waals surface area contributed by atoms with Gasteiger partial charge in [0.1, 0.15) is 6.61 Å². The third kappa shape index (κ3) is 15.2. The summed E-state index contributed by atoms with van der Waals surface area (Å²) in [6.07, 6.45) is 16.0. The monoisotopic (exact) mass is 823 g/mol. The van der Waals surface area contributed by atoms with Crippen molar-refractivity contribution >= 4 is 17.9 Å². The van der Waals surface area contributed by atoms with Crippen LogP contribution in [0.3, 0.4) is 0 Å². The van der Waals surface area contributed by atoms with Crippen LogP contribution >= 0.6 is 0 Å². The van der Waals surface area contributed by atoms with Crippen molar-refractivity contribution in [2.24, 2.45) is 29.6 Å². The molecule has 0 amide bonds. The number of hydrogen-bond acceptors (Lipinski definition) is 10. The normalized spacial score (nSPS) is 23.8. The van der Waals surface area contributed by atoms with Crippen LogP contribution in [0, 0.1) is 63.6 Å². The summed E-state index contributed by atoms with van der Waals surface area (Å²) in [6, 6.07) is 29.7. The van der Waals surface area contributed by atoms with E-state index in [2.05, 4.69) is 43.5 Å². The Labute approximate surface area is 360 Å². The molecule has 3 saturated carbocycles. The van der Waals surface area contributed by atoms with Gasteiger partial charge in [0.2, 0.25) is 0 Å². The lowest BCUT2D eigenvalue weighted by atomic mass is 9.69. The minimum atomic E-state index is -0.358. The fraction of sp³-hybridized carbons (Fsp3) is 0.451. The standard InChI is InChI=1S/C17H13NO3.C17H25NO2.C17H19NO2/c18-9-12-1-5-14(6-2-12)15-7-3-13(4-8-15)10-21-17(19)16-11-20-16;2*1-2-17(19)20-12-14-5-9-16(10-6-14)15-7-3-13(11-18)4-8-15/h1-8,16H,10-11H2;2,13-16H,1,3-10,12H2;2-4,7-8,14,16H,1,5-6,9-10,12H2. The van der Waals surface area contributed by atoms with E-state index in [9.17, 15) is 14.4 Å². The van der Waals surface area contributed by atoms with Crippen LogP contribution in [-0.2, 0) is 39.9 Å². The number of carbonyl (C=O) groups is 3. The number of hydrogen-bond donors (Lipinski definition) is 0. The molecule has 61 heavy (non-hydrogen) atoms. The van der Waals surface area contributed by atoms with Crippen molar-refractivity contribution in [3.63, 3.8) is 0 Å². The molecule has 3 aliphatic carbocycles. The molecule has 1 saturated heterocycles. The molecule has 0 spiro atoms. The van der Waals surface area contributed by atoms with Gasteiger partial charge in [0, 0.05) is 18.1 Å². The van der Waals surface area contributed by atoms with Gasteiger partial charge in [0.25, 0.3) is 0 Å². The molecule has 318 valence electrons. The van der Waals surface area contributed by atoms with Gasteiger partial charge in [-0.05, 0) is 153 Å². The lowest BCUT2D eigenvalue weighted by Gasteiger charge is -2.36. The number of benzene rings is 3. The molecule has 7 rings (SSSR count). The van der Waals surface area contributed by atoms with Crippen LogP contribution in [0.25, 0.3) is 11.1 Å². The largest absolute Gasteiger partial charge is 0.462 e. The summed E-state index contributed by atoms with van der Waals surface area (Å²) in [7, 11) is 0. The van der Waals surface area contributed by atoms with Gasteiger partial charge in [0.05, 0.1) is 49.2 Å². The summed E-state index contributed by atoms with van der Waals surface area (Å²) in [5, 5.41) is 26.5. The Morgan fingerprint density at radius 1 is 0.607 bits per heavy atom. The van der Waals surface area contributed by atoms with Gasteiger partial charge in [0.15, 0.2) is 6.10 Å². The van der Waals surface area contributed by atoms with Crippen molar-refractivity contribution in [3.8, 4) is 29.3 Å². The molecule has 1 unspecified atom stereocenters. The number of esters is 3. The van der Waals surface area contributed by atoms with Crippen LogP contribution in [0.1, 0.15) is 105 Å². The van der Waals surface area contributed by atoms with Crippen LogP contribution in [0.4, 0.5) is 0 Å². The number of carbonyl (C=O) groups excluding carboxylic acids is 3. The Kier molecular flexibility index (Phi) is 18.3. The third-order valence-corrected chi connectivity index (χ3v) is 12.4. The molecule has 1 atom stereocenters. The molecule has 0 N–H and O–H groups in total. The lowest BCUT2D eigenvalue weighted by molar-refractivity contribution is -0.146. The Bertz CT molecular complexity index is 2010. The van der Waals surface area contributed by atoms with E-state index in [0.29, 0.717) is 54.6 Å². The Hall–Kier alpha value is -6.02. The van der Waals surface area contributed by atoms with E-state index in [4.69, 9.17) is 34.7 Å². The molecule has 10 heteroatoms. The van der Waals surface area contributed by atoms with Gasteiger partial charge in [-0.2, -0.15) is 15.8 Å². The first-order chi connectivity index (χ1) is 29.7. The van der Waals surface area contributed by atoms with E-state index in [1.165, 1.54) is 56.2 Å². The average molecular weight is 824 g/mol.